The predicted octanol–water partition coefficient (Wildman–Crippen LogP) is 6.70. The Morgan fingerprint density at radius 2 is 1.43 bits per heavy atom. The number of para-hydroxylation sites is 1. The number of benzene rings is 3. The van der Waals surface area contributed by atoms with Crippen molar-refractivity contribution in [1.29, 1.82) is 0 Å². The second-order valence-electron chi connectivity index (χ2n) is 6.89. The Morgan fingerprint density at radius 1 is 0.786 bits per heavy atom. The number of aryl methyl sites for hydroxylation is 3. The molecule has 0 atom stereocenters. The van der Waals surface area contributed by atoms with Gasteiger partial charge in [0.15, 0.2) is 0 Å². The van der Waals surface area contributed by atoms with Crippen LogP contribution in [0.4, 0.5) is 11.4 Å². The van der Waals surface area contributed by atoms with Gasteiger partial charge >= 0.3 is 180 Å². The summed E-state index contributed by atoms with van der Waals surface area (Å²) in [6, 6.07) is 25.8. The summed E-state index contributed by atoms with van der Waals surface area (Å²) in [6.07, 6.45) is 6.60. The van der Waals surface area contributed by atoms with Gasteiger partial charge in [-0.05, 0) is 0 Å². The van der Waals surface area contributed by atoms with Crippen LogP contribution in [0.5, 0.6) is 0 Å². The van der Waals surface area contributed by atoms with Gasteiger partial charge in [-0.3, -0.25) is 0 Å². The summed E-state index contributed by atoms with van der Waals surface area (Å²) >= 11 is 1.45. The first kappa shape index (κ1) is 20.2. The summed E-state index contributed by atoms with van der Waals surface area (Å²) in [5, 5.41) is 0. The average molecular weight is 535 g/mol. The van der Waals surface area contributed by atoms with Crippen molar-refractivity contribution in [1.82, 2.24) is 0 Å². The van der Waals surface area contributed by atoms with Gasteiger partial charge in [0.25, 0.3) is 0 Å². The molecule has 0 heterocycles. The molecule has 0 fully saturated rings. The molecule has 28 heavy (non-hydrogen) atoms. The molecule has 0 amide bonds. The van der Waals surface area contributed by atoms with Crippen molar-refractivity contribution in [3.8, 4) is 0 Å². The van der Waals surface area contributed by atoms with Crippen LogP contribution < -0.4 is 4.90 Å². The number of allylic oxidation sites excluding steroid dienone is 3. The van der Waals surface area contributed by atoms with Crippen LogP contribution in [0.25, 0.3) is 5.57 Å². The van der Waals surface area contributed by atoms with Gasteiger partial charge < -0.3 is 0 Å². The van der Waals surface area contributed by atoms with Gasteiger partial charge in [-0.1, -0.05) is 0 Å². The molecule has 0 saturated heterocycles. The van der Waals surface area contributed by atoms with E-state index in [0.29, 0.717) is 0 Å². The Labute approximate surface area is 179 Å². The van der Waals surface area contributed by atoms with E-state index >= 15 is 0 Å². The van der Waals surface area contributed by atoms with Gasteiger partial charge in [0.05, 0.1) is 0 Å². The standard InChI is InChI=1S/C26H25N.W/c1-5-10-23(25-13-8-6-11-21(25)3)19-27(24-17-15-20(2)16-18-24)26-14-9-7-12-22(26)4;/h1,5-19H,2-4H3;. The molecule has 3 rings (SSSR count). The molecule has 3 aromatic rings. The molecule has 0 radical (unpaired) electrons. The summed E-state index contributed by atoms with van der Waals surface area (Å²) in [5.74, 6) is 0. The van der Waals surface area contributed by atoms with Crippen molar-refractivity contribution >= 4 is 21.3 Å². The maximum absolute atomic E-state index is 2.30. The Kier molecular flexibility index (Phi) is 6.95. The third-order valence-corrected chi connectivity index (χ3v) is 5.33. The Bertz CT molecular complexity index is 1010. The van der Waals surface area contributed by atoms with E-state index in [1.165, 1.54) is 52.9 Å². The molecule has 0 N–H and O–H groups in total. The van der Waals surface area contributed by atoms with E-state index in [4.69, 9.17) is 0 Å². The number of hydrogen-bond acceptors (Lipinski definition) is 1. The van der Waals surface area contributed by atoms with Gasteiger partial charge in [0.1, 0.15) is 0 Å². The first-order valence-corrected chi connectivity index (χ1v) is 11.1. The monoisotopic (exact) mass is 535 g/mol. The number of anilines is 2. The number of hydrogen-bond donors (Lipinski definition) is 0. The molecule has 1 nitrogen and oxygen atoms in total. The summed E-state index contributed by atoms with van der Waals surface area (Å²) in [4.78, 5) is 2.30. The second-order valence-corrected chi connectivity index (χ2v) is 7.86. The van der Waals surface area contributed by atoms with E-state index in [9.17, 15) is 0 Å². The summed E-state index contributed by atoms with van der Waals surface area (Å²) in [5.41, 5.74) is 8.58. The summed E-state index contributed by atoms with van der Waals surface area (Å²) in [6.45, 7) is 6.46. The maximum atomic E-state index is 2.30. The Hall–Kier alpha value is -2.50. The van der Waals surface area contributed by atoms with Crippen LogP contribution in [-0.4, -0.2) is 4.40 Å². The van der Waals surface area contributed by atoms with Crippen molar-refractivity contribution in [2.45, 2.75) is 20.8 Å². The fraction of sp³-hybridized carbons (Fsp3) is 0.115. The molecule has 0 saturated carbocycles. The van der Waals surface area contributed by atoms with Crippen LogP contribution in [0.3, 0.4) is 0 Å². The van der Waals surface area contributed by atoms with Crippen LogP contribution in [0.2, 0.25) is 0 Å². The fourth-order valence-electron chi connectivity index (χ4n) is 3.20. The van der Waals surface area contributed by atoms with Crippen molar-refractivity contribution in [3.05, 3.63) is 113 Å². The average Bonchev–Trinajstić information content (AvgIpc) is 2.71. The van der Waals surface area contributed by atoms with E-state index in [1.807, 2.05) is 0 Å². The van der Waals surface area contributed by atoms with Crippen LogP contribution in [0.1, 0.15) is 22.3 Å². The van der Waals surface area contributed by atoms with E-state index in [-0.39, 0.29) is 0 Å². The second kappa shape index (κ2) is 9.62. The van der Waals surface area contributed by atoms with Crippen LogP contribution in [-0.2, 0) is 19.4 Å². The van der Waals surface area contributed by atoms with Crippen molar-refractivity contribution in [3.63, 3.8) is 0 Å². The molecular weight excluding hydrogens is 510 g/mol. The van der Waals surface area contributed by atoms with Crippen molar-refractivity contribution in [2.75, 3.05) is 4.90 Å². The zero-order valence-electron chi connectivity index (χ0n) is 16.6. The van der Waals surface area contributed by atoms with E-state index < -0.39 is 0 Å². The molecule has 0 aliphatic heterocycles. The molecule has 2 heteroatoms. The zero-order valence-corrected chi connectivity index (χ0v) is 19.5. The molecule has 0 aliphatic carbocycles. The van der Waals surface area contributed by atoms with Crippen molar-refractivity contribution in [2.24, 2.45) is 0 Å². The molecule has 0 bridgehead atoms. The molecule has 3 aromatic carbocycles. The molecule has 140 valence electrons. The summed E-state index contributed by atoms with van der Waals surface area (Å²) in [7, 11) is 0. The molecule has 0 aliphatic rings. The van der Waals surface area contributed by atoms with Gasteiger partial charge in [-0.2, -0.15) is 0 Å². The topological polar surface area (TPSA) is 3.24 Å². The third kappa shape index (κ3) is 4.85. The predicted molar refractivity (Wildman–Crippen MR) is 119 cm³/mol. The molecule has 0 spiro atoms. The van der Waals surface area contributed by atoms with E-state index in [1.54, 1.807) is 0 Å². The quantitative estimate of drug-likeness (QED) is 0.318. The molecular formula is C26H25NW. The summed E-state index contributed by atoms with van der Waals surface area (Å²) < 4.78 is 2.15. The number of rotatable bonds is 6. The third-order valence-electron chi connectivity index (χ3n) is 4.77. The first-order chi connectivity index (χ1) is 13.6. The van der Waals surface area contributed by atoms with Crippen LogP contribution in [0.15, 0.2) is 91.1 Å². The molecule has 0 aromatic heterocycles. The van der Waals surface area contributed by atoms with Gasteiger partial charge in [0.2, 0.25) is 0 Å². The zero-order chi connectivity index (χ0) is 19.9. The van der Waals surface area contributed by atoms with Gasteiger partial charge in [-0.25, -0.2) is 0 Å². The van der Waals surface area contributed by atoms with Gasteiger partial charge in [0, 0.05) is 0 Å². The Morgan fingerprint density at radius 3 is 2.07 bits per heavy atom. The Balaban J connectivity index is 2.21. The number of nitrogens with zero attached hydrogens (tertiary/aromatic N) is 1. The van der Waals surface area contributed by atoms with Crippen LogP contribution in [0, 0.1) is 20.8 Å². The van der Waals surface area contributed by atoms with Crippen molar-refractivity contribution < 1.29 is 19.4 Å². The normalized spacial score (nSPS) is 11.6. The van der Waals surface area contributed by atoms with Crippen LogP contribution >= 0.6 is 0 Å². The minimum atomic E-state index is 1.16. The molecule has 0 unspecified atom stereocenters. The first-order valence-electron chi connectivity index (χ1n) is 9.41. The SMILES string of the molecule is Cc1ccc(N(C=C(C=C[CH]=[W])c2ccccc2C)c2ccccc2C)cc1. The minimum absolute atomic E-state index is 1.16. The van der Waals surface area contributed by atoms with E-state index in [2.05, 4.69) is 121 Å². The fourth-order valence-corrected chi connectivity index (χ4v) is 3.49. The van der Waals surface area contributed by atoms with Gasteiger partial charge in [-0.15, -0.1) is 0 Å². The van der Waals surface area contributed by atoms with E-state index in [0.717, 1.165) is 5.69 Å².